The molecule has 0 aromatic heterocycles. The summed E-state index contributed by atoms with van der Waals surface area (Å²) in [7, 11) is -6.41. The van der Waals surface area contributed by atoms with Gasteiger partial charge in [-0.25, -0.2) is 8.42 Å². The zero-order valence-corrected chi connectivity index (χ0v) is 45.5. The van der Waals surface area contributed by atoms with Crippen molar-refractivity contribution in [1.82, 2.24) is 0 Å². The quantitative estimate of drug-likeness (QED) is 0.0449. The van der Waals surface area contributed by atoms with Gasteiger partial charge in [-0.1, -0.05) is 91.3 Å². The van der Waals surface area contributed by atoms with Crippen LogP contribution in [0.5, 0.6) is 23.0 Å². The standard InChI is InChI=1S/2C26H22ClN3O6S.Ca/c2*1-3-15-13-21(27)23(37(33,34)35)14-22(15)29-30-24-19-7-5-4-6-16(19)12-20(25(24)31)26(32)28-17-8-10-18(36-2)11-9-17;/h2*4-14,31H,3H2,1-2H3,(H,28,32)(H,33,34,35);/q;;+2/p-2. The molecule has 0 fully saturated rings. The molecule has 8 aromatic rings. The Kier molecular flexibility index (Phi) is 19.0. The van der Waals surface area contributed by atoms with E-state index in [4.69, 9.17) is 32.7 Å². The number of nitrogens with zero attached hydrogens (tertiary/aromatic N) is 4. The van der Waals surface area contributed by atoms with Crippen LogP contribution in [0.2, 0.25) is 10.0 Å². The third kappa shape index (κ3) is 13.6. The maximum atomic E-state index is 13.4. The molecule has 0 saturated heterocycles. The molecule has 0 saturated carbocycles. The molecule has 0 radical (unpaired) electrons. The molecular weight excluding hydrogens is 1080 g/mol. The summed E-state index contributed by atoms with van der Waals surface area (Å²) in [5, 5.41) is 48.2. The number of rotatable bonds is 14. The molecule has 380 valence electrons. The number of amides is 2. The van der Waals surface area contributed by atoms with Crippen LogP contribution in [-0.4, -0.2) is 94.8 Å². The number of hydrogen-bond acceptors (Lipinski definition) is 15. The van der Waals surface area contributed by atoms with Gasteiger partial charge in [-0.05, 0) is 120 Å². The number of aryl methyl sites for hydroxylation is 2. The van der Waals surface area contributed by atoms with E-state index in [1.54, 1.807) is 110 Å². The molecule has 0 bridgehead atoms. The average molecular weight is 1120 g/mol. The molecule has 0 aliphatic heterocycles. The van der Waals surface area contributed by atoms with Crippen LogP contribution in [0.1, 0.15) is 45.7 Å². The normalized spacial score (nSPS) is 11.5. The average Bonchev–Trinajstić information content (AvgIpc) is 3.38. The van der Waals surface area contributed by atoms with E-state index >= 15 is 0 Å². The number of ether oxygens (including phenoxy) is 2. The third-order valence-corrected chi connectivity index (χ3v) is 13.9. The fraction of sp³-hybridized carbons (Fsp3) is 0.115. The first-order chi connectivity index (χ1) is 35.2. The largest absolute Gasteiger partial charge is 2.00 e. The first-order valence-electron chi connectivity index (χ1n) is 22.0. The van der Waals surface area contributed by atoms with Gasteiger partial charge in [0, 0.05) is 27.7 Å². The molecule has 75 heavy (non-hydrogen) atoms. The van der Waals surface area contributed by atoms with Crippen LogP contribution in [0.15, 0.2) is 164 Å². The van der Waals surface area contributed by atoms with Crippen molar-refractivity contribution in [3.05, 3.63) is 166 Å². The Hall–Kier alpha value is -6.72. The monoisotopic (exact) mass is 1120 g/mol. The molecular formula is C52H42CaCl2N6O12S2. The number of fused-ring (bicyclic) bond motifs is 2. The van der Waals surface area contributed by atoms with Gasteiger partial charge in [0.25, 0.3) is 21.9 Å². The van der Waals surface area contributed by atoms with Gasteiger partial charge in [0.2, 0.25) is 0 Å². The SMILES string of the molecule is CCc1cc(Cl)c(S(=O)(=O)O)cc1N=Nc1c(O)c(C(=O)Nc2ccc(OC)cc2)cc2ccccc12.CCc1cc(Cl)c(S(=O)(=O)[O-])cc1N=Nc1c([O-])c(C(=O)Nc2ccc(OC)cc2)cc2ccccc12.[Ca+2]. The minimum atomic E-state index is -4.87. The van der Waals surface area contributed by atoms with Crippen molar-refractivity contribution < 1.29 is 55.2 Å². The number of carbonyl (C=O) groups is 2. The van der Waals surface area contributed by atoms with Gasteiger partial charge in [-0.3, -0.25) is 14.1 Å². The fourth-order valence-corrected chi connectivity index (χ4v) is 9.50. The Morgan fingerprint density at radius 3 is 1.47 bits per heavy atom. The number of phenols is 1. The molecule has 0 aliphatic rings. The summed E-state index contributed by atoms with van der Waals surface area (Å²) in [4.78, 5) is 24.9. The number of phenolic OH excluding ortho intramolecular Hbond substituents is 1. The van der Waals surface area contributed by atoms with Crippen molar-refractivity contribution in [3.63, 3.8) is 0 Å². The summed E-state index contributed by atoms with van der Waals surface area (Å²) in [6, 6.07) is 35.0. The molecule has 18 nitrogen and oxygen atoms in total. The second-order valence-corrected chi connectivity index (χ2v) is 19.4. The van der Waals surface area contributed by atoms with Gasteiger partial charge in [0.15, 0.2) is 5.75 Å². The minimum absolute atomic E-state index is 0. The van der Waals surface area contributed by atoms with E-state index in [2.05, 4.69) is 31.1 Å². The first-order valence-corrected chi connectivity index (χ1v) is 25.6. The second kappa shape index (κ2) is 24.7. The first kappa shape index (κ1) is 57.6. The summed E-state index contributed by atoms with van der Waals surface area (Å²) < 4.78 is 78.0. The predicted molar refractivity (Wildman–Crippen MR) is 284 cm³/mol. The van der Waals surface area contributed by atoms with Crippen molar-refractivity contribution in [2.75, 3.05) is 24.9 Å². The van der Waals surface area contributed by atoms with E-state index in [1.807, 2.05) is 6.92 Å². The number of nitrogens with one attached hydrogen (secondary N) is 2. The summed E-state index contributed by atoms with van der Waals surface area (Å²) >= 11 is 12.0. The van der Waals surface area contributed by atoms with Crippen LogP contribution < -0.4 is 25.2 Å². The zero-order chi connectivity index (χ0) is 53.5. The Balaban J connectivity index is 0.000000241. The van der Waals surface area contributed by atoms with Gasteiger partial charge in [-0.15, -0.1) is 5.11 Å². The molecule has 8 aromatic carbocycles. The smallest absolute Gasteiger partial charge is 0.870 e. The predicted octanol–water partition coefficient (Wildman–Crippen LogP) is 12.0. The summed E-state index contributed by atoms with van der Waals surface area (Å²) in [6.07, 6.45) is 0.847. The molecule has 0 spiro atoms. The zero-order valence-electron chi connectivity index (χ0n) is 40.2. The van der Waals surface area contributed by atoms with E-state index < -0.39 is 53.3 Å². The number of carbonyl (C=O) groups excluding carboxylic acids is 2. The van der Waals surface area contributed by atoms with Crippen LogP contribution >= 0.6 is 23.2 Å². The van der Waals surface area contributed by atoms with E-state index in [0.29, 0.717) is 68.4 Å². The van der Waals surface area contributed by atoms with Crippen LogP contribution in [0.4, 0.5) is 34.1 Å². The van der Waals surface area contributed by atoms with Crippen molar-refractivity contribution in [2.45, 2.75) is 36.5 Å². The van der Waals surface area contributed by atoms with Crippen LogP contribution in [-0.2, 0) is 33.1 Å². The summed E-state index contributed by atoms with van der Waals surface area (Å²) in [5.41, 5.74) is 1.96. The maximum absolute atomic E-state index is 13.4. The van der Waals surface area contributed by atoms with Gasteiger partial charge in [0.05, 0.1) is 51.8 Å². The van der Waals surface area contributed by atoms with Crippen LogP contribution in [0.25, 0.3) is 21.5 Å². The van der Waals surface area contributed by atoms with Crippen molar-refractivity contribution in [3.8, 4) is 23.0 Å². The Labute approximate surface area is 470 Å². The van der Waals surface area contributed by atoms with Gasteiger partial charge < -0.3 is 34.9 Å². The van der Waals surface area contributed by atoms with Crippen molar-refractivity contribution in [2.24, 2.45) is 20.5 Å². The summed E-state index contributed by atoms with van der Waals surface area (Å²) in [6.45, 7) is 3.60. The second-order valence-electron chi connectivity index (χ2n) is 15.9. The molecule has 2 amide bonds. The molecule has 0 aliphatic carbocycles. The Morgan fingerprint density at radius 1 is 0.600 bits per heavy atom. The molecule has 8 rings (SSSR count). The third-order valence-electron chi connectivity index (χ3n) is 11.2. The van der Waals surface area contributed by atoms with Crippen LogP contribution in [0.3, 0.4) is 0 Å². The number of azo groups is 2. The van der Waals surface area contributed by atoms with E-state index in [-0.39, 0.29) is 81.7 Å². The van der Waals surface area contributed by atoms with Crippen LogP contribution in [0, 0.1) is 0 Å². The van der Waals surface area contributed by atoms with E-state index in [9.17, 15) is 45.7 Å². The number of hydrogen-bond donors (Lipinski definition) is 4. The van der Waals surface area contributed by atoms with E-state index in [1.165, 1.54) is 32.4 Å². The number of aromatic hydroxyl groups is 1. The molecule has 0 heterocycles. The number of anilines is 2. The molecule has 4 N–H and O–H groups in total. The number of methoxy groups -OCH3 is 2. The number of halogens is 2. The fourth-order valence-electron chi connectivity index (χ4n) is 7.43. The van der Waals surface area contributed by atoms with Gasteiger partial charge in [0.1, 0.15) is 32.2 Å². The van der Waals surface area contributed by atoms with E-state index in [0.717, 1.165) is 12.1 Å². The van der Waals surface area contributed by atoms with Gasteiger partial charge in [-0.2, -0.15) is 23.8 Å². The number of benzene rings is 8. The topological polar surface area (TPSA) is 281 Å². The van der Waals surface area contributed by atoms with Crippen molar-refractivity contribution >= 4 is 149 Å². The molecule has 0 unspecified atom stereocenters. The van der Waals surface area contributed by atoms with Crippen molar-refractivity contribution in [1.29, 1.82) is 0 Å². The molecule has 0 atom stereocenters. The molecule has 23 heteroatoms. The Bertz CT molecular complexity index is 3530. The Morgan fingerprint density at radius 2 is 1.01 bits per heavy atom. The summed E-state index contributed by atoms with van der Waals surface area (Å²) in [5.74, 6) is -1.05. The minimum Gasteiger partial charge on any atom is -0.870 e. The maximum Gasteiger partial charge on any atom is 2.00 e. The van der Waals surface area contributed by atoms with Gasteiger partial charge >= 0.3 is 37.7 Å².